The van der Waals surface area contributed by atoms with Gasteiger partial charge in [-0.05, 0) is 38.5 Å². The van der Waals surface area contributed by atoms with Gasteiger partial charge in [0.2, 0.25) is 0 Å². The molecule has 0 aromatic heterocycles. The van der Waals surface area contributed by atoms with Crippen LogP contribution in [-0.2, 0) is 47.6 Å². The van der Waals surface area contributed by atoms with Crippen LogP contribution in [0, 0.1) is 23.7 Å². The molecule has 0 amide bonds. The van der Waals surface area contributed by atoms with E-state index in [2.05, 4.69) is 13.8 Å². The summed E-state index contributed by atoms with van der Waals surface area (Å²) in [7, 11) is 0. The number of epoxide rings is 2. The highest BCUT2D eigenvalue weighted by Crippen LogP contribution is 2.45. The molecular formula is C43H72O10. The Balaban J connectivity index is 1.06. The van der Waals surface area contributed by atoms with Crippen molar-refractivity contribution < 1.29 is 47.6 Å². The minimum Gasteiger partial charge on any atom is -0.465 e. The van der Waals surface area contributed by atoms with Crippen LogP contribution in [0.1, 0.15) is 174 Å². The average Bonchev–Trinajstić information content (AvgIpc) is 4.10. The molecule has 2 saturated carbocycles. The van der Waals surface area contributed by atoms with Crippen LogP contribution in [0.3, 0.4) is 0 Å². The summed E-state index contributed by atoms with van der Waals surface area (Å²) in [5.74, 6) is -3.85. The molecule has 0 aromatic rings. The first-order valence-electron chi connectivity index (χ1n) is 21.9. The van der Waals surface area contributed by atoms with Crippen LogP contribution in [0.25, 0.3) is 0 Å². The number of hydrogen-bond donors (Lipinski definition) is 0. The topological polar surface area (TPSA) is 130 Å². The SMILES string of the molecule is CCCCCCCCCCCCOC(=O)C1CC2OC2CC1C(=O)OCCCOC(=O)C1CC2OC2CC1C(=O)OCCCCCCCCCCCC. The summed E-state index contributed by atoms with van der Waals surface area (Å²) in [5.41, 5.74) is 0. The van der Waals surface area contributed by atoms with Gasteiger partial charge in [0.25, 0.3) is 0 Å². The molecule has 4 rings (SSSR count). The van der Waals surface area contributed by atoms with Gasteiger partial charge in [-0.3, -0.25) is 19.2 Å². The number of fused-ring (bicyclic) bond motifs is 2. The lowest BCUT2D eigenvalue weighted by molar-refractivity contribution is -0.164. The Bertz CT molecular complexity index is 997. The summed E-state index contributed by atoms with van der Waals surface area (Å²) in [5, 5.41) is 0. The lowest BCUT2D eigenvalue weighted by atomic mass is 9.79. The molecular weight excluding hydrogens is 676 g/mol. The van der Waals surface area contributed by atoms with Gasteiger partial charge in [0.1, 0.15) is 0 Å². The third kappa shape index (κ3) is 16.2. The minimum absolute atomic E-state index is 0.000365. The Morgan fingerprint density at radius 3 is 0.849 bits per heavy atom. The lowest BCUT2D eigenvalue weighted by Gasteiger charge is -2.26. The standard InChI is InChI=1S/C43H72O10/c1-3-5-7-9-11-13-15-17-19-21-24-48-40(44)32-28-36-38(52-36)30-34(32)42(46)50-26-23-27-51-43(47)35-31-39-37(53-39)29-33(35)41(45)49-25-22-20-18-16-14-12-10-8-6-4-2/h32-39H,3-31H2,1-2H3. The Kier molecular flexibility index (Phi) is 20.6. The zero-order chi connectivity index (χ0) is 37.7. The molecule has 0 spiro atoms. The predicted octanol–water partition coefficient (Wildman–Crippen LogP) is 8.98. The van der Waals surface area contributed by atoms with Crippen LogP contribution in [0.15, 0.2) is 0 Å². The molecule has 0 aromatic carbocycles. The van der Waals surface area contributed by atoms with Gasteiger partial charge in [0.05, 0.1) is 74.5 Å². The van der Waals surface area contributed by atoms with Crippen LogP contribution in [-0.4, -0.2) is 74.7 Å². The van der Waals surface area contributed by atoms with E-state index in [1.807, 2.05) is 0 Å². The molecule has 2 aliphatic heterocycles. The van der Waals surface area contributed by atoms with E-state index in [1.165, 1.54) is 89.9 Å². The van der Waals surface area contributed by atoms with E-state index in [4.69, 9.17) is 28.4 Å². The van der Waals surface area contributed by atoms with E-state index in [1.54, 1.807) is 0 Å². The van der Waals surface area contributed by atoms with Crippen LogP contribution >= 0.6 is 0 Å². The van der Waals surface area contributed by atoms with Gasteiger partial charge in [0.15, 0.2) is 0 Å². The van der Waals surface area contributed by atoms with Crippen molar-refractivity contribution in [1.82, 2.24) is 0 Å². The Labute approximate surface area is 319 Å². The molecule has 0 N–H and O–H groups in total. The summed E-state index contributed by atoms with van der Waals surface area (Å²) in [6.45, 7) is 5.36. The van der Waals surface area contributed by atoms with Crippen molar-refractivity contribution in [2.24, 2.45) is 23.7 Å². The quantitative estimate of drug-likeness (QED) is 0.0304. The van der Waals surface area contributed by atoms with Crippen molar-refractivity contribution >= 4 is 23.9 Å². The smallest absolute Gasteiger partial charge is 0.309 e. The third-order valence-corrected chi connectivity index (χ3v) is 11.8. The number of ether oxygens (including phenoxy) is 6. The fourth-order valence-corrected chi connectivity index (χ4v) is 8.24. The van der Waals surface area contributed by atoms with E-state index in [0.717, 1.165) is 38.5 Å². The van der Waals surface area contributed by atoms with E-state index in [0.29, 0.717) is 45.3 Å². The van der Waals surface area contributed by atoms with Gasteiger partial charge >= 0.3 is 23.9 Å². The second kappa shape index (κ2) is 25.1. The Hall–Kier alpha value is -2.20. The minimum atomic E-state index is -0.595. The van der Waals surface area contributed by atoms with E-state index >= 15 is 0 Å². The number of unbranched alkanes of at least 4 members (excludes halogenated alkanes) is 18. The van der Waals surface area contributed by atoms with Crippen LogP contribution in [0.2, 0.25) is 0 Å². The molecule has 2 saturated heterocycles. The highest BCUT2D eigenvalue weighted by atomic mass is 16.6. The molecule has 53 heavy (non-hydrogen) atoms. The molecule has 10 nitrogen and oxygen atoms in total. The Morgan fingerprint density at radius 2 is 0.585 bits per heavy atom. The third-order valence-electron chi connectivity index (χ3n) is 11.8. The monoisotopic (exact) mass is 749 g/mol. The van der Waals surface area contributed by atoms with E-state index in [9.17, 15) is 19.2 Å². The molecule has 2 heterocycles. The molecule has 304 valence electrons. The average molecular weight is 749 g/mol. The molecule has 4 aliphatic rings. The first-order valence-corrected chi connectivity index (χ1v) is 21.9. The van der Waals surface area contributed by atoms with Gasteiger partial charge in [-0.15, -0.1) is 0 Å². The Morgan fingerprint density at radius 1 is 0.358 bits per heavy atom. The maximum Gasteiger partial charge on any atom is 0.309 e. The highest BCUT2D eigenvalue weighted by Gasteiger charge is 2.54. The zero-order valence-electron chi connectivity index (χ0n) is 33.2. The van der Waals surface area contributed by atoms with Crippen molar-refractivity contribution in [2.75, 3.05) is 26.4 Å². The van der Waals surface area contributed by atoms with Crippen molar-refractivity contribution in [3.05, 3.63) is 0 Å². The summed E-state index contributed by atoms with van der Waals surface area (Å²) in [4.78, 5) is 52.2. The van der Waals surface area contributed by atoms with Gasteiger partial charge in [0, 0.05) is 6.42 Å². The van der Waals surface area contributed by atoms with Gasteiger partial charge in [-0.25, -0.2) is 0 Å². The largest absolute Gasteiger partial charge is 0.465 e. The molecule has 8 unspecified atom stereocenters. The first kappa shape index (κ1) is 43.5. The van der Waals surface area contributed by atoms with E-state index in [-0.39, 0.29) is 49.6 Å². The second-order valence-corrected chi connectivity index (χ2v) is 16.2. The first-order chi connectivity index (χ1) is 25.9. The number of hydrogen-bond acceptors (Lipinski definition) is 10. The summed E-state index contributed by atoms with van der Waals surface area (Å²) >= 11 is 0. The van der Waals surface area contributed by atoms with E-state index < -0.39 is 35.6 Å². The van der Waals surface area contributed by atoms with Crippen LogP contribution < -0.4 is 0 Å². The molecule has 0 radical (unpaired) electrons. The number of carbonyl (C=O) groups is 4. The second-order valence-electron chi connectivity index (χ2n) is 16.2. The fraction of sp³-hybridized carbons (Fsp3) is 0.907. The fourth-order valence-electron chi connectivity index (χ4n) is 8.24. The maximum absolute atomic E-state index is 13.1. The van der Waals surface area contributed by atoms with Gasteiger partial charge < -0.3 is 28.4 Å². The molecule has 10 heteroatoms. The van der Waals surface area contributed by atoms with Crippen LogP contribution in [0.4, 0.5) is 0 Å². The number of carbonyl (C=O) groups excluding carboxylic acids is 4. The zero-order valence-corrected chi connectivity index (χ0v) is 33.2. The van der Waals surface area contributed by atoms with Crippen LogP contribution in [0.5, 0.6) is 0 Å². The maximum atomic E-state index is 13.1. The van der Waals surface area contributed by atoms with Crippen molar-refractivity contribution in [1.29, 1.82) is 0 Å². The van der Waals surface area contributed by atoms with Crippen molar-refractivity contribution in [3.8, 4) is 0 Å². The van der Waals surface area contributed by atoms with Gasteiger partial charge in [-0.2, -0.15) is 0 Å². The molecule has 4 fully saturated rings. The van der Waals surface area contributed by atoms with Crippen molar-refractivity contribution in [3.63, 3.8) is 0 Å². The normalized spacial score (nSPS) is 26.9. The summed E-state index contributed by atoms with van der Waals surface area (Å²) in [6.07, 6.45) is 26.4. The summed E-state index contributed by atoms with van der Waals surface area (Å²) < 4.78 is 33.7. The summed E-state index contributed by atoms with van der Waals surface area (Å²) in [6, 6.07) is 0. The van der Waals surface area contributed by atoms with Gasteiger partial charge in [-0.1, -0.05) is 129 Å². The highest BCUT2D eigenvalue weighted by molar-refractivity contribution is 5.83. The number of esters is 4. The molecule has 8 atom stereocenters. The molecule has 2 aliphatic carbocycles. The van der Waals surface area contributed by atoms with Crippen molar-refractivity contribution in [2.45, 2.75) is 199 Å². The molecule has 0 bridgehead atoms. The number of rotatable bonds is 30. The lowest BCUT2D eigenvalue weighted by Crippen LogP contribution is -2.38. The predicted molar refractivity (Wildman–Crippen MR) is 202 cm³/mol.